The fourth-order valence-electron chi connectivity index (χ4n) is 3.49. The highest BCUT2D eigenvalue weighted by Gasteiger charge is 2.12. The molecule has 4 aromatic carbocycles. The van der Waals surface area contributed by atoms with Gasteiger partial charge >= 0.3 is 0 Å². The Morgan fingerprint density at radius 3 is 2.45 bits per heavy atom. The molecule has 5 heteroatoms. The number of fused-ring (bicyclic) bond motifs is 1. The van der Waals surface area contributed by atoms with Crippen molar-refractivity contribution in [2.75, 3.05) is 12.4 Å². The minimum Gasteiger partial charge on any atom is -0.495 e. The lowest BCUT2D eigenvalue weighted by atomic mass is 10.1. The largest absolute Gasteiger partial charge is 0.495 e. The monoisotopic (exact) mass is 434 g/mol. The number of para-hydroxylation sites is 2. The zero-order chi connectivity index (χ0) is 23.0. The lowest BCUT2D eigenvalue weighted by Gasteiger charge is -2.10. The normalized spacial score (nSPS) is 11.0. The summed E-state index contributed by atoms with van der Waals surface area (Å²) in [6.45, 7) is 0.446. The lowest BCUT2D eigenvalue weighted by Crippen LogP contribution is -2.14. The first-order chi connectivity index (χ1) is 16.2. The molecule has 0 fully saturated rings. The number of anilines is 1. The van der Waals surface area contributed by atoms with E-state index in [0.717, 1.165) is 11.1 Å². The van der Waals surface area contributed by atoms with Crippen LogP contribution in [0.1, 0.15) is 11.1 Å². The number of nitrogens with one attached hydrogen (secondary N) is 1. The quantitative estimate of drug-likeness (QED) is 0.287. The molecule has 0 aromatic heterocycles. The Morgan fingerprint density at radius 1 is 0.939 bits per heavy atom. The summed E-state index contributed by atoms with van der Waals surface area (Å²) >= 11 is 0. The molecule has 1 N–H and O–H groups in total. The molecule has 0 aliphatic rings. The number of ether oxygens (including phenoxy) is 2. The molecule has 0 radical (unpaired) electrons. The van der Waals surface area contributed by atoms with Crippen LogP contribution >= 0.6 is 0 Å². The van der Waals surface area contributed by atoms with Crippen LogP contribution in [0.25, 0.3) is 16.8 Å². The molecule has 4 rings (SSSR count). The summed E-state index contributed by atoms with van der Waals surface area (Å²) in [6.07, 6.45) is 1.54. The highest BCUT2D eigenvalue weighted by Crippen LogP contribution is 2.24. The molecule has 0 heterocycles. The van der Waals surface area contributed by atoms with E-state index in [0.29, 0.717) is 23.8 Å². The maximum absolute atomic E-state index is 12.6. The maximum Gasteiger partial charge on any atom is 0.266 e. The van der Waals surface area contributed by atoms with Crippen molar-refractivity contribution in [2.45, 2.75) is 6.61 Å². The van der Waals surface area contributed by atoms with Gasteiger partial charge in [-0.1, -0.05) is 66.7 Å². The highest BCUT2D eigenvalue weighted by atomic mass is 16.5. The third-order valence-electron chi connectivity index (χ3n) is 5.19. The number of nitrogens with zero attached hydrogens (tertiary/aromatic N) is 1. The maximum atomic E-state index is 12.6. The van der Waals surface area contributed by atoms with Crippen LogP contribution in [0.4, 0.5) is 5.69 Å². The smallest absolute Gasteiger partial charge is 0.266 e. The molecule has 0 atom stereocenters. The van der Waals surface area contributed by atoms with Gasteiger partial charge in [0.2, 0.25) is 0 Å². The van der Waals surface area contributed by atoms with Gasteiger partial charge in [-0.3, -0.25) is 4.79 Å². The molecule has 0 saturated heterocycles. The molecular formula is C28H22N2O3. The summed E-state index contributed by atoms with van der Waals surface area (Å²) in [5, 5.41) is 14.5. The molecule has 33 heavy (non-hydrogen) atoms. The van der Waals surface area contributed by atoms with Gasteiger partial charge in [-0.2, -0.15) is 5.26 Å². The fraction of sp³-hybridized carbons (Fsp3) is 0.0714. The van der Waals surface area contributed by atoms with Gasteiger partial charge in [0.25, 0.3) is 5.91 Å². The molecule has 0 saturated carbocycles. The number of amides is 1. The zero-order valence-electron chi connectivity index (χ0n) is 18.1. The van der Waals surface area contributed by atoms with E-state index in [9.17, 15) is 10.1 Å². The van der Waals surface area contributed by atoms with E-state index in [2.05, 4.69) is 29.6 Å². The molecule has 162 valence electrons. The van der Waals surface area contributed by atoms with Gasteiger partial charge in [0, 0.05) is 0 Å². The van der Waals surface area contributed by atoms with E-state index in [1.807, 2.05) is 48.5 Å². The second-order valence-corrected chi connectivity index (χ2v) is 7.32. The van der Waals surface area contributed by atoms with Crippen LogP contribution < -0.4 is 14.8 Å². The van der Waals surface area contributed by atoms with Crippen molar-refractivity contribution in [1.29, 1.82) is 5.26 Å². The Hall–Kier alpha value is -4.56. The zero-order valence-corrected chi connectivity index (χ0v) is 18.1. The third kappa shape index (κ3) is 5.20. The van der Waals surface area contributed by atoms with Crippen molar-refractivity contribution < 1.29 is 14.3 Å². The van der Waals surface area contributed by atoms with Gasteiger partial charge < -0.3 is 14.8 Å². The Morgan fingerprint density at radius 2 is 1.67 bits per heavy atom. The third-order valence-corrected chi connectivity index (χ3v) is 5.19. The summed E-state index contributed by atoms with van der Waals surface area (Å²) in [5.41, 5.74) is 2.32. The topological polar surface area (TPSA) is 71.3 Å². The van der Waals surface area contributed by atoms with E-state index in [4.69, 9.17) is 9.47 Å². The van der Waals surface area contributed by atoms with E-state index in [1.165, 1.54) is 17.9 Å². The van der Waals surface area contributed by atoms with Gasteiger partial charge in [-0.25, -0.2) is 0 Å². The number of hydrogen-bond donors (Lipinski definition) is 1. The lowest BCUT2D eigenvalue weighted by molar-refractivity contribution is -0.112. The van der Waals surface area contributed by atoms with Crippen LogP contribution in [0.3, 0.4) is 0 Å². The number of hydrogen-bond acceptors (Lipinski definition) is 4. The minimum atomic E-state index is -0.502. The molecule has 5 nitrogen and oxygen atoms in total. The van der Waals surface area contributed by atoms with E-state index in [-0.39, 0.29) is 5.57 Å². The Labute approximate surface area is 192 Å². The van der Waals surface area contributed by atoms with Crippen molar-refractivity contribution in [3.63, 3.8) is 0 Å². The van der Waals surface area contributed by atoms with Crippen LogP contribution in [0, 0.1) is 11.3 Å². The van der Waals surface area contributed by atoms with Gasteiger partial charge in [0.15, 0.2) is 0 Å². The van der Waals surface area contributed by atoms with Crippen molar-refractivity contribution >= 4 is 28.4 Å². The minimum absolute atomic E-state index is 0.00895. The average molecular weight is 434 g/mol. The molecule has 1 amide bonds. The van der Waals surface area contributed by atoms with Crippen molar-refractivity contribution in [3.8, 4) is 17.6 Å². The first-order valence-corrected chi connectivity index (χ1v) is 10.4. The van der Waals surface area contributed by atoms with Crippen LogP contribution in [-0.2, 0) is 11.4 Å². The first-order valence-electron chi connectivity index (χ1n) is 10.4. The van der Waals surface area contributed by atoms with Crippen molar-refractivity contribution in [3.05, 3.63) is 108 Å². The molecule has 0 aliphatic carbocycles. The molecule has 0 bridgehead atoms. The standard InChI is InChI=1S/C28H22N2O3/c1-32-27-12-5-4-11-26(27)30-28(31)23(18-29)17-20-13-15-24(16-14-20)33-19-22-9-6-8-21-7-2-3-10-25(21)22/h2-17H,19H2,1H3,(H,30,31)/b23-17+. The number of methoxy groups -OCH3 is 1. The van der Waals surface area contributed by atoms with Crippen LogP contribution in [-0.4, -0.2) is 13.0 Å². The Bertz CT molecular complexity index is 1350. The van der Waals surface area contributed by atoms with Crippen LogP contribution in [0.15, 0.2) is 96.6 Å². The number of benzene rings is 4. The predicted octanol–water partition coefficient (Wildman–Crippen LogP) is 5.97. The summed E-state index contributed by atoms with van der Waals surface area (Å²) in [5.74, 6) is 0.728. The van der Waals surface area contributed by atoms with Crippen molar-refractivity contribution in [1.82, 2.24) is 0 Å². The van der Waals surface area contributed by atoms with Crippen LogP contribution in [0.2, 0.25) is 0 Å². The predicted molar refractivity (Wildman–Crippen MR) is 130 cm³/mol. The van der Waals surface area contributed by atoms with Gasteiger partial charge in [-0.05, 0) is 52.2 Å². The number of rotatable bonds is 7. The molecule has 0 spiro atoms. The molecule has 0 aliphatic heterocycles. The summed E-state index contributed by atoms with van der Waals surface area (Å²) < 4.78 is 11.2. The van der Waals surface area contributed by atoms with Gasteiger partial charge in [0.1, 0.15) is 29.7 Å². The second-order valence-electron chi connectivity index (χ2n) is 7.32. The van der Waals surface area contributed by atoms with E-state index < -0.39 is 5.91 Å². The van der Waals surface area contributed by atoms with Gasteiger partial charge in [0.05, 0.1) is 12.8 Å². The SMILES string of the molecule is COc1ccccc1NC(=O)/C(C#N)=C/c1ccc(OCc2cccc3ccccc23)cc1. The van der Waals surface area contributed by atoms with E-state index >= 15 is 0 Å². The Balaban J connectivity index is 1.44. The Kier molecular flexibility index (Phi) is 6.67. The molecular weight excluding hydrogens is 412 g/mol. The fourth-order valence-corrected chi connectivity index (χ4v) is 3.49. The number of carbonyl (C=O) groups is 1. The summed E-state index contributed by atoms with van der Waals surface area (Å²) in [6, 6.07) is 30.6. The first kappa shape index (κ1) is 21.7. The molecule has 4 aromatic rings. The van der Waals surface area contributed by atoms with Crippen molar-refractivity contribution in [2.24, 2.45) is 0 Å². The number of nitriles is 1. The number of carbonyl (C=O) groups excluding carboxylic acids is 1. The summed E-state index contributed by atoms with van der Waals surface area (Å²) in [7, 11) is 1.52. The average Bonchev–Trinajstić information content (AvgIpc) is 2.87. The van der Waals surface area contributed by atoms with Gasteiger partial charge in [-0.15, -0.1) is 0 Å². The van der Waals surface area contributed by atoms with E-state index in [1.54, 1.807) is 30.3 Å². The summed E-state index contributed by atoms with van der Waals surface area (Å²) in [4.78, 5) is 12.6. The van der Waals surface area contributed by atoms with Crippen LogP contribution in [0.5, 0.6) is 11.5 Å². The molecule has 0 unspecified atom stereocenters. The highest BCUT2D eigenvalue weighted by molar-refractivity contribution is 6.10. The second kappa shape index (κ2) is 10.2.